The summed E-state index contributed by atoms with van der Waals surface area (Å²) in [5.74, 6) is -0.185. The van der Waals surface area contributed by atoms with Gasteiger partial charge in [0.25, 0.3) is 0 Å². The van der Waals surface area contributed by atoms with Crippen molar-refractivity contribution in [2.24, 2.45) is 5.73 Å². The Balaban J connectivity index is 2.31. The summed E-state index contributed by atoms with van der Waals surface area (Å²) in [6.07, 6.45) is 0. The van der Waals surface area contributed by atoms with Crippen molar-refractivity contribution in [3.63, 3.8) is 0 Å². The van der Waals surface area contributed by atoms with Gasteiger partial charge in [-0.05, 0) is 19.9 Å². The van der Waals surface area contributed by atoms with Gasteiger partial charge in [-0.1, -0.05) is 18.2 Å². The summed E-state index contributed by atoms with van der Waals surface area (Å²) in [6.45, 7) is 6.73. The molecule has 18 heavy (non-hydrogen) atoms. The van der Waals surface area contributed by atoms with E-state index in [0.717, 1.165) is 6.54 Å². The molecule has 1 aliphatic rings. The largest absolute Gasteiger partial charge is 0.378 e. The molecule has 0 aliphatic carbocycles. The maximum absolute atomic E-state index is 13.9. The molecule has 0 aromatic heterocycles. The van der Waals surface area contributed by atoms with Crippen LogP contribution in [0.3, 0.4) is 0 Å². The zero-order chi connectivity index (χ0) is 13.2. The van der Waals surface area contributed by atoms with Gasteiger partial charge in [0.05, 0.1) is 19.3 Å². The second kappa shape index (κ2) is 5.34. The molecule has 0 spiro atoms. The summed E-state index contributed by atoms with van der Waals surface area (Å²) >= 11 is 0. The summed E-state index contributed by atoms with van der Waals surface area (Å²) in [6, 6.07) is 6.78. The summed E-state index contributed by atoms with van der Waals surface area (Å²) in [5.41, 5.74) is 6.43. The minimum absolute atomic E-state index is 0.0925. The molecule has 0 radical (unpaired) electrons. The third-order valence-electron chi connectivity index (χ3n) is 3.57. The molecule has 2 rings (SSSR count). The van der Waals surface area contributed by atoms with Crippen LogP contribution in [0.4, 0.5) is 4.39 Å². The minimum atomic E-state index is -0.185. The number of ether oxygens (including phenoxy) is 1. The summed E-state index contributed by atoms with van der Waals surface area (Å²) in [5, 5.41) is 0. The average molecular weight is 252 g/mol. The predicted molar refractivity (Wildman–Crippen MR) is 69.8 cm³/mol. The van der Waals surface area contributed by atoms with Crippen LogP contribution in [0.1, 0.15) is 25.5 Å². The first-order valence-electron chi connectivity index (χ1n) is 6.35. The highest BCUT2D eigenvalue weighted by Crippen LogP contribution is 2.31. The van der Waals surface area contributed by atoms with Gasteiger partial charge < -0.3 is 10.5 Å². The van der Waals surface area contributed by atoms with Crippen LogP contribution in [0.15, 0.2) is 24.3 Å². The SMILES string of the molecule is CC1(C)COCCN1C(CN)c1ccccc1F. The van der Waals surface area contributed by atoms with Crippen molar-refractivity contribution in [1.82, 2.24) is 4.90 Å². The molecule has 0 saturated carbocycles. The van der Waals surface area contributed by atoms with E-state index in [9.17, 15) is 4.39 Å². The van der Waals surface area contributed by atoms with Crippen molar-refractivity contribution < 1.29 is 9.13 Å². The first-order chi connectivity index (χ1) is 8.56. The lowest BCUT2D eigenvalue weighted by molar-refractivity contribution is -0.0717. The molecule has 1 aliphatic heterocycles. The van der Waals surface area contributed by atoms with Gasteiger partial charge in [0.15, 0.2) is 0 Å². The Morgan fingerprint density at radius 1 is 1.44 bits per heavy atom. The van der Waals surface area contributed by atoms with Crippen LogP contribution in [-0.2, 0) is 4.74 Å². The molecular formula is C14H21FN2O. The number of rotatable bonds is 3. The van der Waals surface area contributed by atoms with Crippen molar-refractivity contribution in [1.29, 1.82) is 0 Å². The van der Waals surface area contributed by atoms with Gasteiger partial charge in [-0.15, -0.1) is 0 Å². The van der Waals surface area contributed by atoms with Crippen LogP contribution in [0.2, 0.25) is 0 Å². The quantitative estimate of drug-likeness (QED) is 0.893. The van der Waals surface area contributed by atoms with Crippen molar-refractivity contribution >= 4 is 0 Å². The molecule has 4 heteroatoms. The number of hydrogen-bond acceptors (Lipinski definition) is 3. The topological polar surface area (TPSA) is 38.5 Å². The van der Waals surface area contributed by atoms with Gasteiger partial charge >= 0.3 is 0 Å². The van der Waals surface area contributed by atoms with Gasteiger partial charge in [0.2, 0.25) is 0 Å². The fourth-order valence-corrected chi connectivity index (χ4v) is 2.62. The van der Waals surface area contributed by atoms with E-state index >= 15 is 0 Å². The lowest BCUT2D eigenvalue weighted by atomic mass is 9.95. The smallest absolute Gasteiger partial charge is 0.128 e. The molecule has 2 N–H and O–H groups in total. The number of nitrogens with zero attached hydrogens (tertiary/aromatic N) is 1. The first kappa shape index (κ1) is 13.5. The van der Waals surface area contributed by atoms with E-state index < -0.39 is 0 Å². The highest BCUT2D eigenvalue weighted by Gasteiger charge is 2.36. The van der Waals surface area contributed by atoms with Gasteiger partial charge in [0, 0.05) is 24.2 Å². The molecular weight excluding hydrogens is 231 g/mol. The molecule has 0 amide bonds. The Labute approximate surface area is 108 Å². The minimum Gasteiger partial charge on any atom is -0.378 e. The molecule has 100 valence electrons. The average Bonchev–Trinajstić information content (AvgIpc) is 2.34. The summed E-state index contributed by atoms with van der Waals surface area (Å²) in [4.78, 5) is 2.24. The van der Waals surface area contributed by atoms with Crippen LogP contribution in [-0.4, -0.2) is 36.7 Å². The van der Waals surface area contributed by atoms with Crippen LogP contribution < -0.4 is 5.73 Å². The maximum Gasteiger partial charge on any atom is 0.128 e. The second-order valence-electron chi connectivity index (χ2n) is 5.33. The van der Waals surface area contributed by atoms with Crippen LogP contribution in [0.25, 0.3) is 0 Å². The van der Waals surface area contributed by atoms with Gasteiger partial charge in [-0.3, -0.25) is 4.90 Å². The second-order valence-corrected chi connectivity index (χ2v) is 5.33. The molecule has 3 nitrogen and oxygen atoms in total. The van der Waals surface area contributed by atoms with Crippen LogP contribution >= 0.6 is 0 Å². The molecule has 1 unspecified atom stereocenters. The number of halogens is 1. The fraction of sp³-hybridized carbons (Fsp3) is 0.571. The van der Waals surface area contributed by atoms with E-state index in [1.54, 1.807) is 6.07 Å². The molecule has 1 aromatic rings. The number of morpholine rings is 1. The molecule has 1 fully saturated rings. The lowest BCUT2D eigenvalue weighted by Gasteiger charge is -2.46. The van der Waals surface area contributed by atoms with Crippen molar-refractivity contribution in [3.8, 4) is 0 Å². The molecule has 1 heterocycles. The highest BCUT2D eigenvalue weighted by molar-refractivity contribution is 5.22. The van der Waals surface area contributed by atoms with Crippen LogP contribution in [0.5, 0.6) is 0 Å². The third-order valence-corrected chi connectivity index (χ3v) is 3.57. The van der Waals surface area contributed by atoms with E-state index in [4.69, 9.17) is 10.5 Å². The van der Waals surface area contributed by atoms with Crippen molar-refractivity contribution in [2.75, 3.05) is 26.3 Å². The first-order valence-corrected chi connectivity index (χ1v) is 6.35. The van der Waals surface area contributed by atoms with E-state index in [0.29, 0.717) is 25.3 Å². The predicted octanol–water partition coefficient (Wildman–Crippen LogP) is 1.94. The van der Waals surface area contributed by atoms with E-state index in [1.807, 2.05) is 12.1 Å². The lowest BCUT2D eigenvalue weighted by Crippen LogP contribution is -2.55. The number of hydrogen-bond donors (Lipinski definition) is 1. The monoisotopic (exact) mass is 252 g/mol. The van der Waals surface area contributed by atoms with E-state index in [2.05, 4.69) is 18.7 Å². The van der Waals surface area contributed by atoms with Crippen molar-refractivity contribution in [2.45, 2.75) is 25.4 Å². The zero-order valence-electron chi connectivity index (χ0n) is 11.0. The Bertz CT molecular complexity index is 409. The molecule has 1 saturated heterocycles. The van der Waals surface area contributed by atoms with Crippen LogP contribution in [0, 0.1) is 5.82 Å². The highest BCUT2D eigenvalue weighted by atomic mass is 19.1. The molecule has 1 atom stereocenters. The zero-order valence-corrected chi connectivity index (χ0v) is 11.0. The standard InChI is InChI=1S/C14H21FN2O/c1-14(2)10-18-8-7-17(14)13(9-16)11-5-3-4-6-12(11)15/h3-6,13H,7-10,16H2,1-2H3. The Kier molecular flexibility index (Phi) is 4.00. The summed E-state index contributed by atoms with van der Waals surface area (Å²) < 4.78 is 19.4. The Hall–Kier alpha value is -0.970. The number of benzene rings is 1. The molecule has 1 aromatic carbocycles. The normalized spacial score (nSPS) is 21.8. The fourth-order valence-electron chi connectivity index (χ4n) is 2.62. The van der Waals surface area contributed by atoms with E-state index in [1.165, 1.54) is 6.07 Å². The Morgan fingerprint density at radius 3 is 2.78 bits per heavy atom. The van der Waals surface area contributed by atoms with Crippen molar-refractivity contribution in [3.05, 3.63) is 35.6 Å². The van der Waals surface area contributed by atoms with Gasteiger partial charge in [-0.25, -0.2) is 4.39 Å². The van der Waals surface area contributed by atoms with Gasteiger partial charge in [0.1, 0.15) is 5.82 Å². The third kappa shape index (κ3) is 2.55. The summed E-state index contributed by atoms with van der Waals surface area (Å²) in [7, 11) is 0. The maximum atomic E-state index is 13.9. The van der Waals surface area contributed by atoms with E-state index in [-0.39, 0.29) is 17.4 Å². The number of nitrogens with two attached hydrogens (primary N) is 1. The molecule has 0 bridgehead atoms. The Morgan fingerprint density at radius 2 is 2.17 bits per heavy atom. The van der Waals surface area contributed by atoms with Gasteiger partial charge in [-0.2, -0.15) is 0 Å².